The van der Waals surface area contributed by atoms with Gasteiger partial charge in [-0.25, -0.2) is 0 Å². The molecule has 0 spiro atoms. The van der Waals surface area contributed by atoms with Gasteiger partial charge in [0.05, 0.1) is 0 Å². The van der Waals surface area contributed by atoms with Crippen molar-refractivity contribution in [2.45, 2.75) is 90.2 Å². The molecule has 4 saturated carbocycles. The average molecular weight is 415 g/mol. The fourth-order valence-corrected chi connectivity index (χ4v) is 8.25. The van der Waals surface area contributed by atoms with E-state index in [1.165, 1.54) is 6.29 Å². The van der Waals surface area contributed by atoms with Gasteiger partial charge in [-0.3, -0.25) is 15.1 Å². The number of ketones is 1. The Bertz CT molecular complexity index is 751. The topological polar surface area (TPSA) is 81.4 Å². The summed E-state index contributed by atoms with van der Waals surface area (Å²) >= 11 is 0. The van der Waals surface area contributed by atoms with E-state index in [-0.39, 0.29) is 34.8 Å². The first kappa shape index (κ1) is 20.7. The van der Waals surface area contributed by atoms with Gasteiger partial charge in [-0.05, 0) is 86.9 Å². The van der Waals surface area contributed by atoms with E-state index in [1.807, 2.05) is 0 Å². The minimum Gasteiger partial charge on any atom is -0.325 e. The van der Waals surface area contributed by atoms with Gasteiger partial charge in [0.2, 0.25) is 0 Å². The molecule has 5 heteroatoms. The number of Topliss-reactive ketones (excluding diaryl/α,β-unsaturated/α-hetero) is 1. The molecule has 0 aromatic rings. The summed E-state index contributed by atoms with van der Waals surface area (Å²) in [5, 5.41) is 0. The zero-order valence-electron chi connectivity index (χ0n) is 18.6. The lowest BCUT2D eigenvalue weighted by Gasteiger charge is -2.60. The summed E-state index contributed by atoms with van der Waals surface area (Å²) in [6.45, 7) is 4.63. The van der Waals surface area contributed by atoms with Crippen LogP contribution in [0.5, 0.6) is 0 Å². The number of carbonyl (C=O) groups excluding carboxylic acids is 2. The molecular formula is C25H38N2O3. The molecule has 30 heavy (non-hydrogen) atoms. The van der Waals surface area contributed by atoms with Crippen LogP contribution in [-0.2, 0) is 14.4 Å². The fourth-order valence-electron chi connectivity index (χ4n) is 8.25. The Morgan fingerprint density at radius 2 is 1.97 bits per heavy atom. The molecule has 5 nitrogen and oxygen atoms in total. The van der Waals surface area contributed by atoms with Gasteiger partial charge in [0, 0.05) is 29.5 Å². The Labute approximate surface area is 180 Å². The lowest BCUT2D eigenvalue weighted by atomic mass is 9.44. The van der Waals surface area contributed by atoms with Gasteiger partial charge in [0.1, 0.15) is 18.2 Å². The van der Waals surface area contributed by atoms with Crippen LogP contribution in [0.25, 0.3) is 0 Å². The number of nitrogens with two attached hydrogens (primary N) is 1. The maximum Gasteiger partial charge on any atom is 0.139 e. The van der Waals surface area contributed by atoms with Crippen molar-refractivity contribution in [3.63, 3.8) is 0 Å². The lowest BCUT2D eigenvalue weighted by molar-refractivity contribution is -0.142. The van der Waals surface area contributed by atoms with Crippen molar-refractivity contribution in [3.8, 4) is 0 Å². The summed E-state index contributed by atoms with van der Waals surface area (Å²) in [7, 11) is 0. The minimum absolute atomic E-state index is 0.0418. The highest BCUT2D eigenvalue weighted by molar-refractivity contribution is 5.87. The van der Waals surface area contributed by atoms with E-state index in [0.29, 0.717) is 23.5 Å². The molecule has 0 heterocycles. The van der Waals surface area contributed by atoms with Crippen LogP contribution in [0.3, 0.4) is 0 Å². The Kier molecular flexibility index (Phi) is 5.13. The summed E-state index contributed by atoms with van der Waals surface area (Å²) in [4.78, 5) is 30.8. The highest BCUT2D eigenvalue weighted by Gasteiger charge is 2.61. The summed E-state index contributed by atoms with van der Waals surface area (Å²) in [6, 6.07) is 0.121. The summed E-state index contributed by atoms with van der Waals surface area (Å²) in [5.74, 6) is 2.37. The number of allylic oxidation sites excluding steroid dienone is 2. The van der Waals surface area contributed by atoms with E-state index in [0.717, 1.165) is 69.9 Å². The van der Waals surface area contributed by atoms with Crippen molar-refractivity contribution in [3.05, 3.63) is 11.8 Å². The summed E-state index contributed by atoms with van der Waals surface area (Å²) in [6.07, 6.45) is 13.7. The predicted molar refractivity (Wildman–Crippen MR) is 115 cm³/mol. The minimum atomic E-state index is -0.136. The molecule has 3 N–H and O–H groups in total. The zero-order chi connectivity index (χ0) is 21.1. The summed E-state index contributed by atoms with van der Waals surface area (Å²) in [5.41, 5.74) is 10.5. The van der Waals surface area contributed by atoms with Crippen LogP contribution in [0.15, 0.2) is 11.8 Å². The number of fused-ring (bicyclic) bond motifs is 5. The second-order valence-electron chi connectivity index (χ2n) is 11.4. The molecule has 5 aliphatic rings. The molecule has 166 valence electrons. The number of hydrogen-bond acceptors (Lipinski definition) is 5. The quantitative estimate of drug-likeness (QED) is 0.538. The molecule has 9 atom stereocenters. The monoisotopic (exact) mass is 414 g/mol. The molecule has 0 aromatic carbocycles. The Hall–Kier alpha value is -1.20. The van der Waals surface area contributed by atoms with Crippen LogP contribution in [0, 0.1) is 40.4 Å². The Morgan fingerprint density at radius 1 is 1.13 bits per heavy atom. The van der Waals surface area contributed by atoms with E-state index in [4.69, 9.17) is 10.6 Å². The van der Waals surface area contributed by atoms with Gasteiger partial charge < -0.3 is 10.5 Å². The Balaban J connectivity index is 1.37. The highest BCUT2D eigenvalue weighted by atomic mass is 16.7. The first-order valence-corrected chi connectivity index (χ1v) is 12.2. The maximum atomic E-state index is 12.7. The van der Waals surface area contributed by atoms with Gasteiger partial charge in [0.25, 0.3) is 0 Å². The SMILES string of the molecule is C[C@]12CCC(NOC3CCCC3N)=CC1C(C=O)C[C@@H]1[C@@H]2CC[C@]2(C)C(=O)CC[C@@H]12. The molecule has 0 amide bonds. The second-order valence-corrected chi connectivity index (χ2v) is 11.4. The third-order valence-corrected chi connectivity index (χ3v) is 10.1. The lowest BCUT2D eigenvalue weighted by Crippen LogP contribution is -2.55. The van der Waals surface area contributed by atoms with E-state index in [2.05, 4.69) is 25.4 Å². The largest absolute Gasteiger partial charge is 0.325 e. The highest BCUT2D eigenvalue weighted by Crippen LogP contribution is 2.65. The molecular weight excluding hydrogens is 376 g/mol. The smallest absolute Gasteiger partial charge is 0.139 e. The van der Waals surface area contributed by atoms with Crippen molar-refractivity contribution in [2.24, 2.45) is 46.2 Å². The van der Waals surface area contributed by atoms with Crippen molar-refractivity contribution < 1.29 is 14.4 Å². The fraction of sp³-hybridized carbons (Fsp3) is 0.840. The van der Waals surface area contributed by atoms with Crippen LogP contribution in [0.2, 0.25) is 0 Å². The second kappa shape index (κ2) is 7.44. The molecule has 5 aliphatic carbocycles. The number of rotatable bonds is 4. The Morgan fingerprint density at radius 3 is 2.70 bits per heavy atom. The van der Waals surface area contributed by atoms with Crippen LogP contribution in [0.1, 0.15) is 78.1 Å². The van der Waals surface area contributed by atoms with Crippen LogP contribution in [0.4, 0.5) is 0 Å². The third-order valence-electron chi connectivity index (χ3n) is 10.1. The molecule has 4 unspecified atom stereocenters. The maximum absolute atomic E-state index is 12.7. The van der Waals surface area contributed by atoms with Crippen molar-refractivity contribution in [2.75, 3.05) is 0 Å². The molecule has 0 saturated heterocycles. The van der Waals surface area contributed by atoms with E-state index in [1.54, 1.807) is 0 Å². The molecule has 0 bridgehead atoms. The number of aldehydes is 1. The molecule has 4 fully saturated rings. The van der Waals surface area contributed by atoms with Crippen LogP contribution in [-0.4, -0.2) is 24.2 Å². The predicted octanol–water partition coefficient (Wildman–Crippen LogP) is 3.92. The first-order valence-electron chi connectivity index (χ1n) is 12.2. The molecule has 5 rings (SSSR count). The van der Waals surface area contributed by atoms with Gasteiger partial charge >= 0.3 is 0 Å². The van der Waals surface area contributed by atoms with E-state index < -0.39 is 0 Å². The first-order chi connectivity index (χ1) is 14.4. The number of carbonyl (C=O) groups is 2. The summed E-state index contributed by atoms with van der Waals surface area (Å²) < 4.78 is 0. The number of hydroxylamine groups is 1. The van der Waals surface area contributed by atoms with Gasteiger partial charge in [-0.1, -0.05) is 19.9 Å². The molecule has 0 aliphatic heterocycles. The average Bonchev–Trinajstić information content (AvgIpc) is 3.28. The standard InChI is InChI=1S/C25H38N2O3/c1-24-10-8-16(27-30-22-5-3-4-21(22)26)13-20(24)15(14-28)12-17-18-6-7-23(29)25(18,2)11-9-19(17)24/h13-15,17-22,27H,3-12,26H2,1-2H3/t15?,17-,18-,19-,20?,21?,22?,24+,25-/m0/s1. The zero-order valence-corrected chi connectivity index (χ0v) is 18.6. The number of hydrogen-bond donors (Lipinski definition) is 2. The van der Waals surface area contributed by atoms with Crippen molar-refractivity contribution >= 4 is 12.1 Å². The van der Waals surface area contributed by atoms with Gasteiger partial charge in [-0.15, -0.1) is 0 Å². The normalized spacial score (nSPS) is 50.3. The van der Waals surface area contributed by atoms with Gasteiger partial charge in [-0.2, -0.15) is 0 Å². The van der Waals surface area contributed by atoms with Crippen molar-refractivity contribution in [1.82, 2.24) is 5.48 Å². The van der Waals surface area contributed by atoms with Crippen LogP contribution < -0.4 is 11.2 Å². The van der Waals surface area contributed by atoms with Crippen LogP contribution >= 0.6 is 0 Å². The third kappa shape index (κ3) is 3.02. The van der Waals surface area contributed by atoms with E-state index in [9.17, 15) is 9.59 Å². The molecule has 0 radical (unpaired) electrons. The van der Waals surface area contributed by atoms with Crippen molar-refractivity contribution in [1.29, 1.82) is 0 Å². The molecule has 0 aromatic heterocycles. The van der Waals surface area contributed by atoms with E-state index >= 15 is 0 Å². The number of nitrogens with one attached hydrogen (secondary N) is 1. The van der Waals surface area contributed by atoms with Gasteiger partial charge in [0.15, 0.2) is 0 Å².